The van der Waals surface area contributed by atoms with E-state index >= 15 is 0 Å². The standard InChI is InChI=1S/C28H33ClFN7O3/c1-36-7-2-8-37(10-9-36)26(27(31)39)24-14-19(5-6-32-24)33-25-15-23(21-13-18(29)3-4-22(21)30)34-35-28(25)40-16-17-11-20(38)12-17/h3-6,13-15,17,20,26,38H,2,7-12,16H2,1H3,(H2,31,39)(H,32,33,34). The molecule has 1 amide bonds. The highest BCUT2D eigenvalue weighted by Gasteiger charge is 2.30. The molecule has 10 nitrogen and oxygen atoms in total. The fraction of sp³-hybridized carbons (Fsp3) is 0.429. The number of primary amides is 1. The number of aliphatic hydroxyl groups is 1. The molecular weight excluding hydrogens is 537 g/mol. The molecule has 2 aliphatic rings. The number of carbonyl (C=O) groups is 1. The second kappa shape index (κ2) is 12.4. The van der Waals surface area contributed by atoms with Crippen molar-refractivity contribution in [3.05, 3.63) is 59.1 Å². The number of halogens is 2. The lowest BCUT2D eigenvalue weighted by atomic mass is 9.83. The van der Waals surface area contributed by atoms with Gasteiger partial charge >= 0.3 is 0 Å². The SMILES string of the molecule is CN1CCCN(C(C(N)=O)c2cc(Nc3cc(-c4cc(Cl)ccc4F)nnc3OCC3CC(O)C3)ccn2)CC1. The van der Waals surface area contributed by atoms with Crippen molar-refractivity contribution >= 4 is 28.9 Å². The summed E-state index contributed by atoms with van der Waals surface area (Å²) in [7, 11) is 2.06. The number of rotatable bonds is 9. The summed E-state index contributed by atoms with van der Waals surface area (Å²) >= 11 is 6.11. The molecule has 1 aromatic carbocycles. The van der Waals surface area contributed by atoms with Crippen LogP contribution in [0.2, 0.25) is 5.02 Å². The average Bonchev–Trinajstić information content (AvgIpc) is 3.12. The Hall–Kier alpha value is -3.38. The van der Waals surface area contributed by atoms with Crippen LogP contribution in [-0.4, -0.2) is 81.9 Å². The zero-order valence-corrected chi connectivity index (χ0v) is 23.0. The number of likely N-dealkylation sites (N-methyl/N-ethyl adjacent to an activating group) is 1. The molecule has 40 heavy (non-hydrogen) atoms. The summed E-state index contributed by atoms with van der Waals surface area (Å²) in [5, 5.41) is 21.7. The van der Waals surface area contributed by atoms with Crippen LogP contribution in [0.25, 0.3) is 11.3 Å². The monoisotopic (exact) mass is 569 g/mol. The average molecular weight is 570 g/mol. The molecule has 12 heteroatoms. The number of hydrogen-bond acceptors (Lipinski definition) is 9. The molecule has 1 unspecified atom stereocenters. The lowest BCUT2D eigenvalue weighted by Gasteiger charge is -2.31. The number of benzene rings is 1. The first kappa shape index (κ1) is 28.2. The molecule has 1 aliphatic carbocycles. The van der Waals surface area contributed by atoms with Gasteiger partial charge in [-0.05, 0) is 75.2 Å². The predicted octanol–water partition coefficient (Wildman–Crippen LogP) is 3.39. The van der Waals surface area contributed by atoms with E-state index in [9.17, 15) is 14.3 Å². The number of anilines is 2. The van der Waals surface area contributed by atoms with Gasteiger partial charge in [-0.15, -0.1) is 10.2 Å². The van der Waals surface area contributed by atoms with Gasteiger partial charge in [0.1, 0.15) is 17.5 Å². The van der Waals surface area contributed by atoms with Crippen LogP contribution in [-0.2, 0) is 4.79 Å². The van der Waals surface area contributed by atoms with Crippen LogP contribution in [0, 0.1) is 11.7 Å². The molecule has 1 atom stereocenters. The van der Waals surface area contributed by atoms with Gasteiger partial charge in [-0.3, -0.25) is 14.7 Å². The summed E-state index contributed by atoms with van der Waals surface area (Å²) in [6.45, 7) is 3.56. The Morgan fingerprint density at radius 3 is 2.80 bits per heavy atom. The number of hydrogen-bond donors (Lipinski definition) is 3. The highest BCUT2D eigenvalue weighted by atomic mass is 35.5. The number of carbonyl (C=O) groups excluding carboxylic acids is 1. The molecule has 0 spiro atoms. The normalized spacial score (nSPS) is 20.8. The van der Waals surface area contributed by atoms with Gasteiger partial charge < -0.3 is 25.8 Å². The van der Waals surface area contributed by atoms with Crippen LogP contribution in [0.3, 0.4) is 0 Å². The number of aliphatic hydroxyl groups excluding tert-OH is 1. The van der Waals surface area contributed by atoms with Gasteiger partial charge in [0.05, 0.1) is 24.1 Å². The van der Waals surface area contributed by atoms with Gasteiger partial charge in [0.25, 0.3) is 5.88 Å². The van der Waals surface area contributed by atoms with Gasteiger partial charge in [-0.2, -0.15) is 0 Å². The molecule has 1 saturated carbocycles. The van der Waals surface area contributed by atoms with Crippen LogP contribution in [0.4, 0.5) is 15.8 Å². The Morgan fingerprint density at radius 1 is 1.20 bits per heavy atom. The third-order valence-corrected chi connectivity index (χ3v) is 7.60. The zero-order valence-electron chi connectivity index (χ0n) is 22.3. The van der Waals surface area contributed by atoms with Crippen LogP contribution in [0.15, 0.2) is 42.6 Å². The van der Waals surface area contributed by atoms with E-state index in [0.717, 1.165) is 26.1 Å². The third kappa shape index (κ3) is 6.67. The fourth-order valence-electron chi connectivity index (χ4n) is 5.10. The first-order valence-corrected chi connectivity index (χ1v) is 13.7. The lowest BCUT2D eigenvalue weighted by Crippen LogP contribution is -2.40. The van der Waals surface area contributed by atoms with Crippen LogP contribution in [0.5, 0.6) is 5.88 Å². The molecule has 2 fully saturated rings. The third-order valence-electron chi connectivity index (χ3n) is 7.36. The molecule has 212 valence electrons. The first-order valence-electron chi connectivity index (χ1n) is 13.4. The van der Waals surface area contributed by atoms with Crippen molar-refractivity contribution in [1.82, 2.24) is 25.0 Å². The van der Waals surface area contributed by atoms with Crippen molar-refractivity contribution in [2.24, 2.45) is 11.7 Å². The minimum Gasteiger partial charge on any atom is -0.475 e. The number of nitrogens with one attached hydrogen (secondary N) is 1. The molecule has 2 aromatic heterocycles. The topological polar surface area (TPSA) is 130 Å². The van der Waals surface area contributed by atoms with E-state index in [-0.39, 0.29) is 29.2 Å². The largest absolute Gasteiger partial charge is 0.475 e. The molecule has 0 bridgehead atoms. The van der Waals surface area contributed by atoms with Crippen LogP contribution in [0.1, 0.15) is 31.0 Å². The van der Waals surface area contributed by atoms with E-state index < -0.39 is 17.8 Å². The number of aromatic nitrogens is 3. The lowest BCUT2D eigenvalue weighted by molar-refractivity contribution is -0.123. The molecule has 1 aliphatic heterocycles. The molecule has 0 radical (unpaired) electrons. The van der Waals surface area contributed by atoms with Gasteiger partial charge in [-0.25, -0.2) is 4.39 Å². The van der Waals surface area contributed by atoms with Crippen LogP contribution < -0.4 is 15.8 Å². The number of pyridine rings is 1. The maximum absolute atomic E-state index is 14.6. The van der Waals surface area contributed by atoms with Crippen molar-refractivity contribution in [2.45, 2.75) is 31.4 Å². The van der Waals surface area contributed by atoms with Crippen molar-refractivity contribution in [3.63, 3.8) is 0 Å². The second-order valence-electron chi connectivity index (χ2n) is 10.5. The first-order chi connectivity index (χ1) is 19.3. The molecule has 3 aromatic rings. The number of nitrogens with zero attached hydrogens (tertiary/aromatic N) is 5. The molecule has 4 N–H and O–H groups in total. The summed E-state index contributed by atoms with van der Waals surface area (Å²) in [5.74, 6) is -0.509. The summed E-state index contributed by atoms with van der Waals surface area (Å²) < 4.78 is 20.6. The summed E-state index contributed by atoms with van der Waals surface area (Å²) in [4.78, 5) is 21.4. The number of ether oxygens (including phenoxy) is 1. The Bertz CT molecular complexity index is 1360. The minimum absolute atomic E-state index is 0.201. The summed E-state index contributed by atoms with van der Waals surface area (Å²) in [6, 6.07) is 8.72. The van der Waals surface area contributed by atoms with E-state index in [2.05, 4.69) is 37.3 Å². The Kier molecular flexibility index (Phi) is 8.75. The molecule has 5 rings (SSSR count). The van der Waals surface area contributed by atoms with Gasteiger partial charge in [0.15, 0.2) is 0 Å². The molecule has 1 saturated heterocycles. The Morgan fingerprint density at radius 2 is 2.02 bits per heavy atom. The maximum Gasteiger partial charge on any atom is 0.257 e. The molecular formula is C28H33ClFN7O3. The zero-order chi connectivity index (χ0) is 28.2. The van der Waals surface area contributed by atoms with E-state index in [1.54, 1.807) is 24.4 Å². The second-order valence-corrected chi connectivity index (χ2v) is 10.9. The van der Waals surface area contributed by atoms with Crippen molar-refractivity contribution in [1.29, 1.82) is 0 Å². The van der Waals surface area contributed by atoms with E-state index in [0.29, 0.717) is 48.1 Å². The van der Waals surface area contributed by atoms with Crippen LogP contribution >= 0.6 is 11.6 Å². The Balaban J connectivity index is 1.44. The van der Waals surface area contributed by atoms with Crippen molar-refractivity contribution in [2.75, 3.05) is 45.2 Å². The van der Waals surface area contributed by atoms with Gasteiger partial charge in [0, 0.05) is 42.1 Å². The van der Waals surface area contributed by atoms with Crippen molar-refractivity contribution in [3.8, 4) is 17.1 Å². The predicted molar refractivity (Wildman–Crippen MR) is 150 cm³/mol. The maximum atomic E-state index is 14.6. The van der Waals surface area contributed by atoms with E-state index in [1.165, 1.54) is 18.2 Å². The smallest absolute Gasteiger partial charge is 0.257 e. The summed E-state index contributed by atoms with van der Waals surface area (Å²) in [5.41, 5.74) is 7.93. The quantitative estimate of drug-likeness (QED) is 0.355. The summed E-state index contributed by atoms with van der Waals surface area (Å²) in [6.07, 6.45) is 3.55. The van der Waals surface area contributed by atoms with Gasteiger partial charge in [-0.1, -0.05) is 11.6 Å². The highest BCUT2D eigenvalue weighted by Crippen LogP contribution is 2.34. The Labute approximate surface area is 237 Å². The van der Waals surface area contributed by atoms with Crippen molar-refractivity contribution < 1.29 is 19.0 Å². The molecule has 3 heterocycles. The minimum atomic E-state index is -0.680. The fourth-order valence-corrected chi connectivity index (χ4v) is 5.28. The van der Waals surface area contributed by atoms with E-state index in [1.807, 2.05) is 0 Å². The van der Waals surface area contributed by atoms with Gasteiger partial charge in [0.2, 0.25) is 5.91 Å². The number of nitrogens with two attached hydrogens (primary N) is 1. The van der Waals surface area contributed by atoms with E-state index in [4.69, 9.17) is 22.1 Å². The highest BCUT2D eigenvalue weighted by molar-refractivity contribution is 6.30. The number of amides is 1.